The lowest BCUT2D eigenvalue weighted by Gasteiger charge is -2.37. The van der Waals surface area contributed by atoms with Gasteiger partial charge in [-0.05, 0) is 18.8 Å². The van der Waals surface area contributed by atoms with Gasteiger partial charge in [0, 0.05) is 19.1 Å². The van der Waals surface area contributed by atoms with Crippen LogP contribution < -0.4 is 5.73 Å². The number of nitrogens with two attached hydrogens (primary N) is 1. The Kier molecular flexibility index (Phi) is 5.17. The Balaban J connectivity index is 2.70. The Bertz CT molecular complexity index is 362. The van der Waals surface area contributed by atoms with E-state index in [0.717, 1.165) is 0 Å². The van der Waals surface area contributed by atoms with Gasteiger partial charge < -0.3 is 10.5 Å². The number of ether oxygens (including phenoxy) is 1. The lowest BCUT2D eigenvalue weighted by atomic mass is 9.94. The van der Waals surface area contributed by atoms with Crippen molar-refractivity contribution in [3.05, 3.63) is 0 Å². The molecule has 1 aliphatic heterocycles. The maximum Gasteiger partial charge on any atom is 0.214 e. The van der Waals surface area contributed by atoms with Crippen molar-refractivity contribution in [2.24, 2.45) is 11.1 Å². The average Bonchev–Trinajstić information content (AvgIpc) is 2.26. The second-order valence-corrected chi connectivity index (χ2v) is 8.28. The van der Waals surface area contributed by atoms with Crippen molar-refractivity contribution in [2.45, 2.75) is 46.3 Å². The molecule has 1 saturated heterocycles. The van der Waals surface area contributed by atoms with Gasteiger partial charge in [0.25, 0.3) is 0 Å². The zero-order chi connectivity index (χ0) is 14.0. The van der Waals surface area contributed by atoms with E-state index in [1.807, 2.05) is 27.7 Å². The lowest BCUT2D eigenvalue weighted by molar-refractivity contribution is -0.0220. The maximum atomic E-state index is 12.3. The van der Waals surface area contributed by atoms with Crippen LogP contribution in [0.1, 0.15) is 34.1 Å². The van der Waals surface area contributed by atoms with E-state index in [4.69, 9.17) is 10.5 Å². The molecule has 2 atom stereocenters. The summed E-state index contributed by atoms with van der Waals surface area (Å²) < 4.78 is 31.7. The highest BCUT2D eigenvalue weighted by molar-refractivity contribution is 7.89. The van der Waals surface area contributed by atoms with Gasteiger partial charge in [0.05, 0.1) is 18.5 Å². The molecule has 18 heavy (non-hydrogen) atoms. The number of morpholine rings is 1. The number of nitrogens with zero attached hydrogens (tertiary/aromatic N) is 1. The van der Waals surface area contributed by atoms with Crippen LogP contribution in [-0.2, 0) is 14.8 Å². The summed E-state index contributed by atoms with van der Waals surface area (Å²) in [4.78, 5) is 0. The molecule has 5 nitrogen and oxygen atoms in total. The maximum absolute atomic E-state index is 12.3. The number of rotatable bonds is 4. The van der Waals surface area contributed by atoms with Crippen LogP contribution in [0.25, 0.3) is 0 Å². The van der Waals surface area contributed by atoms with Gasteiger partial charge in [-0.2, -0.15) is 4.31 Å². The molecule has 2 N–H and O–H groups in total. The molecule has 1 fully saturated rings. The molecule has 0 aromatic heterocycles. The van der Waals surface area contributed by atoms with Gasteiger partial charge in [-0.3, -0.25) is 0 Å². The molecular weight excluding hydrogens is 252 g/mol. The van der Waals surface area contributed by atoms with Crippen molar-refractivity contribution in [1.29, 1.82) is 0 Å². The fourth-order valence-corrected chi connectivity index (χ4v) is 3.98. The van der Waals surface area contributed by atoms with Crippen molar-refractivity contribution < 1.29 is 13.2 Å². The van der Waals surface area contributed by atoms with E-state index in [1.165, 1.54) is 0 Å². The summed E-state index contributed by atoms with van der Waals surface area (Å²) >= 11 is 0. The SMILES string of the molecule is CC1COC(CN)CN1S(=O)(=O)CCC(C)(C)C. The first-order valence-corrected chi connectivity index (χ1v) is 8.08. The number of hydrogen-bond donors (Lipinski definition) is 1. The number of hydrogen-bond acceptors (Lipinski definition) is 4. The Morgan fingerprint density at radius 3 is 2.50 bits per heavy atom. The van der Waals surface area contributed by atoms with Crippen LogP contribution in [0.4, 0.5) is 0 Å². The average molecular weight is 278 g/mol. The highest BCUT2D eigenvalue weighted by atomic mass is 32.2. The van der Waals surface area contributed by atoms with Gasteiger partial charge >= 0.3 is 0 Å². The summed E-state index contributed by atoms with van der Waals surface area (Å²) in [5, 5.41) is 0. The van der Waals surface area contributed by atoms with Crippen LogP contribution in [-0.4, -0.2) is 50.3 Å². The molecule has 6 heteroatoms. The van der Waals surface area contributed by atoms with Gasteiger partial charge in [-0.15, -0.1) is 0 Å². The summed E-state index contributed by atoms with van der Waals surface area (Å²) in [7, 11) is -3.21. The smallest absolute Gasteiger partial charge is 0.214 e. The minimum atomic E-state index is -3.21. The van der Waals surface area contributed by atoms with Crippen LogP contribution in [0.5, 0.6) is 0 Å². The van der Waals surface area contributed by atoms with Crippen molar-refractivity contribution >= 4 is 10.0 Å². The highest BCUT2D eigenvalue weighted by Crippen LogP contribution is 2.23. The second kappa shape index (κ2) is 5.86. The Hall–Kier alpha value is -0.170. The normalized spacial score (nSPS) is 27.4. The Morgan fingerprint density at radius 2 is 2.00 bits per heavy atom. The Morgan fingerprint density at radius 1 is 1.39 bits per heavy atom. The van der Waals surface area contributed by atoms with Crippen molar-refractivity contribution in [2.75, 3.05) is 25.4 Å². The van der Waals surface area contributed by atoms with Gasteiger partial charge in [-0.1, -0.05) is 20.8 Å². The van der Waals surface area contributed by atoms with Gasteiger partial charge in [-0.25, -0.2) is 8.42 Å². The monoisotopic (exact) mass is 278 g/mol. The van der Waals surface area contributed by atoms with Crippen LogP contribution in [0.3, 0.4) is 0 Å². The Labute approximate surface area is 111 Å². The second-order valence-electron chi connectivity index (χ2n) is 6.24. The molecule has 108 valence electrons. The fraction of sp³-hybridized carbons (Fsp3) is 1.00. The quantitative estimate of drug-likeness (QED) is 0.825. The lowest BCUT2D eigenvalue weighted by Crippen LogP contribution is -2.53. The summed E-state index contributed by atoms with van der Waals surface area (Å²) in [5.41, 5.74) is 5.57. The molecule has 0 aromatic carbocycles. The van der Waals surface area contributed by atoms with E-state index in [0.29, 0.717) is 26.1 Å². The first-order valence-electron chi connectivity index (χ1n) is 6.47. The molecule has 0 spiro atoms. The molecule has 0 aliphatic carbocycles. The molecular formula is C12H26N2O3S. The first-order chi connectivity index (χ1) is 8.15. The third-order valence-corrected chi connectivity index (χ3v) is 5.12. The molecule has 0 saturated carbocycles. The van der Waals surface area contributed by atoms with E-state index in [9.17, 15) is 8.42 Å². The zero-order valence-corrected chi connectivity index (χ0v) is 12.7. The standard InChI is InChI=1S/C12H26N2O3S/c1-10-9-17-11(7-13)8-14(10)18(15,16)6-5-12(2,3)4/h10-11H,5-9,13H2,1-4H3. The largest absolute Gasteiger partial charge is 0.374 e. The molecule has 0 aromatic rings. The third kappa shape index (κ3) is 4.50. The molecule has 1 rings (SSSR count). The predicted octanol–water partition coefficient (Wildman–Crippen LogP) is 0.800. The minimum Gasteiger partial charge on any atom is -0.374 e. The topological polar surface area (TPSA) is 72.6 Å². The minimum absolute atomic E-state index is 0.0237. The fourth-order valence-electron chi connectivity index (χ4n) is 1.87. The van der Waals surface area contributed by atoms with E-state index in [2.05, 4.69) is 0 Å². The highest BCUT2D eigenvalue weighted by Gasteiger charge is 2.34. The molecule has 0 amide bonds. The van der Waals surface area contributed by atoms with E-state index in [-0.39, 0.29) is 23.3 Å². The third-order valence-electron chi connectivity index (χ3n) is 3.18. The first kappa shape index (κ1) is 15.9. The summed E-state index contributed by atoms with van der Waals surface area (Å²) in [5.74, 6) is 0.193. The van der Waals surface area contributed by atoms with E-state index in [1.54, 1.807) is 4.31 Å². The zero-order valence-electron chi connectivity index (χ0n) is 11.8. The number of sulfonamides is 1. The van der Waals surface area contributed by atoms with Gasteiger partial charge in [0.15, 0.2) is 0 Å². The molecule has 1 heterocycles. The van der Waals surface area contributed by atoms with E-state index >= 15 is 0 Å². The van der Waals surface area contributed by atoms with Crippen LogP contribution in [0, 0.1) is 5.41 Å². The van der Waals surface area contributed by atoms with Crippen molar-refractivity contribution in [1.82, 2.24) is 4.31 Å². The van der Waals surface area contributed by atoms with Gasteiger partial charge in [0.2, 0.25) is 10.0 Å². The van der Waals surface area contributed by atoms with Crippen LogP contribution in [0.2, 0.25) is 0 Å². The summed E-state index contributed by atoms with van der Waals surface area (Å²) in [6.07, 6.45) is 0.484. The van der Waals surface area contributed by atoms with Crippen LogP contribution in [0.15, 0.2) is 0 Å². The predicted molar refractivity (Wildman–Crippen MR) is 72.8 cm³/mol. The van der Waals surface area contributed by atoms with Crippen molar-refractivity contribution in [3.8, 4) is 0 Å². The van der Waals surface area contributed by atoms with Crippen LogP contribution >= 0.6 is 0 Å². The molecule has 0 radical (unpaired) electrons. The summed E-state index contributed by atoms with van der Waals surface area (Å²) in [6, 6.07) is -0.0993. The summed E-state index contributed by atoms with van der Waals surface area (Å²) in [6.45, 7) is 9.19. The van der Waals surface area contributed by atoms with E-state index < -0.39 is 10.0 Å². The molecule has 0 bridgehead atoms. The molecule has 1 aliphatic rings. The van der Waals surface area contributed by atoms with Crippen molar-refractivity contribution in [3.63, 3.8) is 0 Å². The molecule has 2 unspecified atom stereocenters. The van der Waals surface area contributed by atoms with Gasteiger partial charge in [0.1, 0.15) is 0 Å².